The third-order valence-corrected chi connectivity index (χ3v) is 3.03. The quantitative estimate of drug-likeness (QED) is 0.942. The lowest BCUT2D eigenvalue weighted by molar-refractivity contribution is 0.0785. The predicted molar refractivity (Wildman–Crippen MR) is 70.8 cm³/mol. The topological polar surface area (TPSA) is 49.0 Å². The fourth-order valence-corrected chi connectivity index (χ4v) is 2.07. The first kappa shape index (κ1) is 12.9. The largest absolute Gasteiger partial charge is 0.337 e. The van der Waals surface area contributed by atoms with Crippen LogP contribution in [0, 0.1) is 0 Å². The van der Waals surface area contributed by atoms with E-state index in [1.54, 1.807) is 42.5 Å². The van der Waals surface area contributed by atoms with Gasteiger partial charge in [0.1, 0.15) is 0 Å². The Hall–Kier alpha value is -1.52. The molecule has 2 rings (SSSR count). The molecule has 0 fully saturated rings. The molecule has 0 aliphatic rings. The molecule has 0 spiro atoms. The fourth-order valence-electron chi connectivity index (χ4n) is 1.58. The smallest absolute Gasteiger partial charge is 0.255 e. The molecule has 1 N–H and O–H groups in total. The zero-order valence-corrected chi connectivity index (χ0v) is 11.2. The Kier molecular flexibility index (Phi) is 3.89. The minimum atomic E-state index is -0.155. The molecule has 2 aromatic rings. The summed E-state index contributed by atoms with van der Waals surface area (Å²) in [6.45, 7) is 0.467. The molecule has 6 heteroatoms. The molecule has 0 bridgehead atoms. The van der Waals surface area contributed by atoms with Crippen molar-refractivity contribution in [3.8, 4) is 0 Å². The van der Waals surface area contributed by atoms with Gasteiger partial charge in [0.15, 0.2) is 0 Å². The number of amides is 1. The summed E-state index contributed by atoms with van der Waals surface area (Å²) < 4.78 is 0. The lowest BCUT2D eigenvalue weighted by atomic mass is 10.2. The second kappa shape index (κ2) is 5.42. The lowest BCUT2D eigenvalue weighted by Gasteiger charge is -2.17. The van der Waals surface area contributed by atoms with Gasteiger partial charge in [0.05, 0.1) is 16.8 Å². The van der Waals surface area contributed by atoms with Crippen molar-refractivity contribution in [2.75, 3.05) is 7.05 Å². The molecule has 1 amide bonds. The molecular formula is C12H11Cl2N3O. The third-order valence-electron chi connectivity index (χ3n) is 2.48. The first-order valence-corrected chi connectivity index (χ1v) is 6.01. The van der Waals surface area contributed by atoms with Crippen LogP contribution in [-0.2, 0) is 6.54 Å². The van der Waals surface area contributed by atoms with Gasteiger partial charge >= 0.3 is 0 Å². The number of aromatic nitrogens is 2. The Morgan fingerprint density at radius 3 is 2.83 bits per heavy atom. The minimum Gasteiger partial charge on any atom is -0.337 e. The Labute approximate surface area is 115 Å². The molecule has 0 saturated carbocycles. The van der Waals surface area contributed by atoms with Gasteiger partial charge in [-0.05, 0) is 18.2 Å². The van der Waals surface area contributed by atoms with Crippen LogP contribution < -0.4 is 0 Å². The van der Waals surface area contributed by atoms with Crippen molar-refractivity contribution in [1.29, 1.82) is 0 Å². The summed E-state index contributed by atoms with van der Waals surface area (Å²) in [5.41, 5.74) is 1.36. The van der Waals surface area contributed by atoms with Crippen molar-refractivity contribution >= 4 is 29.1 Å². The maximum absolute atomic E-state index is 12.2. The van der Waals surface area contributed by atoms with Gasteiger partial charge in [0.2, 0.25) is 0 Å². The van der Waals surface area contributed by atoms with Crippen LogP contribution in [-0.4, -0.2) is 28.1 Å². The monoisotopic (exact) mass is 283 g/mol. The van der Waals surface area contributed by atoms with Crippen molar-refractivity contribution in [2.45, 2.75) is 6.54 Å². The van der Waals surface area contributed by atoms with E-state index in [1.807, 2.05) is 0 Å². The van der Waals surface area contributed by atoms with E-state index in [1.165, 1.54) is 0 Å². The zero-order valence-electron chi connectivity index (χ0n) is 9.65. The Morgan fingerprint density at radius 2 is 2.22 bits per heavy atom. The summed E-state index contributed by atoms with van der Waals surface area (Å²) in [6, 6.07) is 4.83. The molecule has 0 aliphatic carbocycles. The number of hydrogen-bond acceptors (Lipinski definition) is 2. The molecule has 1 aromatic heterocycles. The van der Waals surface area contributed by atoms with E-state index in [2.05, 4.69) is 10.2 Å². The summed E-state index contributed by atoms with van der Waals surface area (Å²) in [4.78, 5) is 13.7. The van der Waals surface area contributed by atoms with Crippen LogP contribution >= 0.6 is 23.2 Å². The van der Waals surface area contributed by atoms with Gasteiger partial charge in [-0.3, -0.25) is 9.89 Å². The molecule has 4 nitrogen and oxygen atoms in total. The van der Waals surface area contributed by atoms with Gasteiger partial charge in [-0.25, -0.2) is 0 Å². The van der Waals surface area contributed by atoms with Gasteiger partial charge in [0, 0.05) is 30.4 Å². The van der Waals surface area contributed by atoms with Gasteiger partial charge in [0.25, 0.3) is 5.91 Å². The van der Waals surface area contributed by atoms with Crippen molar-refractivity contribution in [3.63, 3.8) is 0 Å². The molecule has 94 valence electrons. The first-order valence-electron chi connectivity index (χ1n) is 5.26. The summed E-state index contributed by atoms with van der Waals surface area (Å²) in [7, 11) is 1.71. The highest BCUT2D eigenvalue weighted by atomic mass is 35.5. The van der Waals surface area contributed by atoms with Gasteiger partial charge in [-0.1, -0.05) is 23.2 Å². The number of hydrogen-bond donors (Lipinski definition) is 1. The molecule has 0 radical (unpaired) electrons. The zero-order chi connectivity index (χ0) is 13.1. The Morgan fingerprint density at radius 1 is 1.44 bits per heavy atom. The van der Waals surface area contributed by atoms with Crippen LogP contribution in [0.4, 0.5) is 0 Å². The van der Waals surface area contributed by atoms with E-state index in [0.29, 0.717) is 22.2 Å². The molecule has 1 heterocycles. The highest BCUT2D eigenvalue weighted by molar-refractivity contribution is 6.36. The van der Waals surface area contributed by atoms with Crippen LogP contribution in [0.1, 0.15) is 15.9 Å². The lowest BCUT2D eigenvalue weighted by Crippen LogP contribution is -2.26. The van der Waals surface area contributed by atoms with Crippen molar-refractivity contribution in [1.82, 2.24) is 15.1 Å². The summed E-state index contributed by atoms with van der Waals surface area (Å²) in [5, 5.41) is 7.39. The first-order chi connectivity index (χ1) is 8.58. The molecular weight excluding hydrogens is 273 g/mol. The number of H-pyrrole nitrogens is 1. The van der Waals surface area contributed by atoms with Gasteiger partial charge in [-0.15, -0.1) is 0 Å². The number of halogens is 2. The number of aromatic amines is 1. The van der Waals surface area contributed by atoms with Crippen LogP contribution in [0.3, 0.4) is 0 Å². The molecule has 18 heavy (non-hydrogen) atoms. The average Bonchev–Trinajstić information content (AvgIpc) is 2.81. The van der Waals surface area contributed by atoms with E-state index >= 15 is 0 Å². The number of carbonyl (C=O) groups is 1. The second-order valence-electron chi connectivity index (χ2n) is 3.89. The van der Waals surface area contributed by atoms with Gasteiger partial charge < -0.3 is 4.90 Å². The van der Waals surface area contributed by atoms with E-state index in [4.69, 9.17) is 23.2 Å². The number of rotatable bonds is 3. The van der Waals surface area contributed by atoms with E-state index in [9.17, 15) is 4.79 Å². The number of nitrogens with one attached hydrogen (secondary N) is 1. The SMILES string of the molecule is CN(Cc1cn[nH]c1)C(=O)c1ccc(Cl)cc1Cl. The normalized spacial score (nSPS) is 10.4. The highest BCUT2D eigenvalue weighted by Gasteiger charge is 2.15. The van der Waals surface area contributed by atoms with Crippen LogP contribution in [0.5, 0.6) is 0 Å². The molecule has 1 aromatic carbocycles. The highest BCUT2D eigenvalue weighted by Crippen LogP contribution is 2.22. The molecule has 0 atom stereocenters. The number of carbonyl (C=O) groups excluding carboxylic acids is 1. The Bertz CT molecular complexity index is 554. The minimum absolute atomic E-state index is 0.155. The van der Waals surface area contributed by atoms with Crippen LogP contribution in [0.25, 0.3) is 0 Å². The van der Waals surface area contributed by atoms with Crippen LogP contribution in [0.2, 0.25) is 10.0 Å². The summed E-state index contributed by atoms with van der Waals surface area (Å²) in [6.07, 6.45) is 3.42. The number of benzene rings is 1. The number of nitrogens with zero attached hydrogens (tertiary/aromatic N) is 2. The molecule has 0 unspecified atom stereocenters. The maximum atomic E-state index is 12.2. The fraction of sp³-hybridized carbons (Fsp3) is 0.167. The van der Waals surface area contributed by atoms with Crippen molar-refractivity contribution in [2.24, 2.45) is 0 Å². The maximum Gasteiger partial charge on any atom is 0.255 e. The van der Waals surface area contributed by atoms with Crippen LogP contribution in [0.15, 0.2) is 30.6 Å². The molecule has 0 saturated heterocycles. The second-order valence-corrected chi connectivity index (χ2v) is 4.74. The van der Waals surface area contributed by atoms with Gasteiger partial charge in [-0.2, -0.15) is 5.10 Å². The summed E-state index contributed by atoms with van der Waals surface area (Å²) >= 11 is 11.8. The standard InChI is InChI=1S/C12H11Cl2N3O/c1-17(7-8-5-15-16-6-8)12(18)10-3-2-9(13)4-11(10)14/h2-6H,7H2,1H3,(H,15,16). The van der Waals surface area contributed by atoms with E-state index in [-0.39, 0.29) is 5.91 Å². The predicted octanol–water partition coefficient (Wildman–Crippen LogP) is 2.99. The van der Waals surface area contributed by atoms with Crippen molar-refractivity contribution < 1.29 is 4.79 Å². The van der Waals surface area contributed by atoms with Crippen molar-refractivity contribution in [3.05, 3.63) is 51.8 Å². The van der Waals surface area contributed by atoms with E-state index in [0.717, 1.165) is 5.56 Å². The summed E-state index contributed by atoms with van der Waals surface area (Å²) in [5.74, 6) is -0.155. The molecule has 0 aliphatic heterocycles. The Balaban J connectivity index is 2.15. The van der Waals surface area contributed by atoms with E-state index < -0.39 is 0 Å². The third kappa shape index (κ3) is 2.83. The average molecular weight is 284 g/mol.